The molecule has 0 aromatic carbocycles. The highest BCUT2D eigenvalue weighted by molar-refractivity contribution is 5.75. The highest BCUT2D eigenvalue weighted by Gasteiger charge is 2.28. The van der Waals surface area contributed by atoms with Gasteiger partial charge in [-0.3, -0.25) is 4.57 Å². The van der Waals surface area contributed by atoms with E-state index in [2.05, 4.69) is 21.5 Å². The van der Waals surface area contributed by atoms with E-state index in [0.29, 0.717) is 23.8 Å². The molecule has 0 aliphatic heterocycles. The van der Waals surface area contributed by atoms with Crippen molar-refractivity contribution in [1.29, 1.82) is 0 Å². The van der Waals surface area contributed by atoms with Crippen molar-refractivity contribution in [3.8, 4) is 5.88 Å². The Hall–Kier alpha value is -1.78. The number of aromatic nitrogens is 3. The number of nitrogen functional groups attached to an aromatic ring is 1. The fourth-order valence-corrected chi connectivity index (χ4v) is 3.42. The second-order valence-corrected chi connectivity index (χ2v) is 5.56. The Bertz CT molecular complexity index is 607. The highest BCUT2D eigenvalue weighted by atomic mass is 16.5. The van der Waals surface area contributed by atoms with Crippen LogP contribution in [0.15, 0.2) is 12.1 Å². The van der Waals surface area contributed by atoms with E-state index in [9.17, 15) is 0 Å². The minimum absolute atomic E-state index is 0.415. The molecule has 2 aromatic heterocycles. The van der Waals surface area contributed by atoms with E-state index in [-0.39, 0.29) is 0 Å². The fourth-order valence-electron chi connectivity index (χ4n) is 3.42. The third-order valence-corrected chi connectivity index (χ3v) is 4.47. The number of anilines is 1. The normalized spacial score (nSPS) is 23.1. The number of imidazole rings is 1. The SMILES string of the molecule is CCC1CCCCC1n1c(N)nc2ccc(OC)nc21. The van der Waals surface area contributed by atoms with Gasteiger partial charge < -0.3 is 10.5 Å². The molecule has 1 saturated carbocycles. The van der Waals surface area contributed by atoms with Crippen molar-refractivity contribution < 1.29 is 4.74 Å². The van der Waals surface area contributed by atoms with Gasteiger partial charge in [0.05, 0.1) is 7.11 Å². The Morgan fingerprint density at radius 1 is 1.30 bits per heavy atom. The van der Waals surface area contributed by atoms with Crippen LogP contribution in [0.2, 0.25) is 0 Å². The number of pyridine rings is 1. The van der Waals surface area contributed by atoms with E-state index < -0.39 is 0 Å². The first-order valence-electron chi connectivity index (χ1n) is 7.43. The van der Waals surface area contributed by atoms with E-state index in [1.165, 1.54) is 25.7 Å². The molecule has 0 bridgehead atoms. The summed E-state index contributed by atoms with van der Waals surface area (Å²) in [6, 6.07) is 4.17. The molecular formula is C15H22N4O. The molecule has 2 unspecified atom stereocenters. The maximum atomic E-state index is 6.16. The second kappa shape index (κ2) is 5.31. The first-order valence-corrected chi connectivity index (χ1v) is 7.43. The summed E-state index contributed by atoms with van der Waals surface area (Å²) in [6.07, 6.45) is 6.17. The van der Waals surface area contributed by atoms with Crippen molar-refractivity contribution in [2.24, 2.45) is 5.92 Å². The first kappa shape index (κ1) is 13.2. The number of ether oxygens (including phenoxy) is 1. The lowest BCUT2D eigenvalue weighted by molar-refractivity contribution is 0.238. The molecule has 0 radical (unpaired) electrons. The average molecular weight is 274 g/mol. The van der Waals surface area contributed by atoms with E-state index >= 15 is 0 Å². The van der Waals surface area contributed by atoms with Gasteiger partial charge >= 0.3 is 0 Å². The molecule has 2 N–H and O–H groups in total. The lowest BCUT2D eigenvalue weighted by Crippen LogP contribution is -2.24. The highest BCUT2D eigenvalue weighted by Crippen LogP contribution is 2.39. The molecule has 1 aliphatic rings. The summed E-state index contributed by atoms with van der Waals surface area (Å²) in [7, 11) is 1.63. The van der Waals surface area contributed by atoms with Crippen LogP contribution in [0.1, 0.15) is 45.1 Å². The molecule has 0 spiro atoms. The Kier molecular flexibility index (Phi) is 3.51. The van der Waals surface area contributed by atoms with Gasteiger partial charge in [-0.05, 0) is 24.8 Å². The molecule has 2 heterocycles. The zero-order valence-electron chi connectivity index (χ0n) is 12.2. The largest absolute Gasteiger partial charge is 0.481 e. The number of methoxy groups -OCH3 is 1. The zero-order chi connectivity index (χ0) is 14.1. The molecule has 0 amide bonds. The lowest BCUT2D eigenvalue weighted by atomic mass is 9.82. The monoisotopic (exact) mass is 274 g/mol. The van der Waals surface area contributed by atoms with E-state index in [0.717, 1.165) is 17.6 Å². The summed E-state index contributed by atoms with van der Waals surface area (Å²) in [4.78, 5) is 9.01. The molecule has 1 aliphatic carbocycles. The predicted octanol–water partition coefficient (Wildman–Crippen LogP) is 3.16. The molecule has 2 aromatic rings. The molecule has 20 heavy (non-hydrogen) atoms. The zero-order valence-corrected chi connectivity index (χ0v) is 12.2. The minimum Gasteiger partial charge on any atom is -0.481 e. The first-order chi connectivity index (χ1) is 9.74. The molecule has 1 fully saturated rings. The molecule has 5 heteroatoms. The summed E-state index contributed by atoms with van der Waals surface area (Å²) in [5.74, 6) is 1.85. The molecule has 0 saturated heterocycles. The van der Waals surface area contributed by atoms with Crippen LogP contribution >= 0.6 is 0 Å². The van der Waals surface area contributed by atoms with Gasteiger partial charge in [-0.25, -0.2) is 4.98 Å². The maximum Gasteiger partial charge on any atom is 0.215 e. The van der Waals surface area contributed by atoms with Crippen molar-refractivity contribution in [1.82, 2.24) is 14.5 Å². The van der Waals surface area contributed by atoms with E-state index in [4.69, 9.17) is 10.5 Å². The topological polar surface area (TPSA) is 66.0 Å². The van der Waals surface area contributed by atoms with Crippen LogP contribution in [0.3, 0.4) is 0 Å². The molecule has 108 valence electrons. The standard InChI is InChI=1S/C15H22N4O/c1-3-10-6-4-5-7-12(10)19-14-11(17-15(19)16)8-9-13(18-14)20-2/h8-10,12H,3-7H2,1-2H3,(H2,16,17). The lowest BCUT2D eigenvalue weighted by Gasteiger charge is -2.32. The van der Waals surface area contributed by atoms with Crippen LogP contribution in [-0.2, 0) is 0 Å². The molecule has 5 nitrogen and oxygen atoms in total. The van der Waals surface area contributed by atoms with Gasteiger partial charge in [0.2, 0.25) is 11.8 Å². The minimum atomic E-state index is 0.415. The fraction of sp³-hybridized carbons (Fsp3) is 0.600. The number of hydrogen-bond donors (Lipinski definition) is 1. The Balaban J connectivity index is 2.11. The molecular weight excluding hydrogens is 252 g/mol. The van der Waals surface area contributed by atoms with Crippen molar-refractivity contribution >= 4 is 17.1 Å². The van der Waals surface area contributed by atoms with E-state index in [1.54, 1.807) is 7.11 Å². The summed E-state index contributed by atoms with van der Waals surface area (Å²) >= 11 is 0. The third kappa shape index (κ3) is 2.11. The van der Waals surface area contributed by atoms with Crippen LogP contribution in [0, 0.1) is 5.92 Å². The Labute approximate surface area is 119 Å². The third-order valence-electron chi connectivity index (χ3n) is 4.47. The van der Waals surface area contributed by atoms with Crippen LogP contribution in [0.5, 0.6) is 5.88 Å². The quantitative estimate of drug-likeness (QED) is 0.933. The Morgan fingerprint density at radius 2 is 2.10 bits per heavy atom. The number of fused-ring (bicyclic) bond motifs is 1. The summed E-state index contributed by atoms with van der Waals surface area (Å²) in [5.41, 5.74) is 7.87. The maximum absolute atomic E-state index is 6.16. The van der Waals surface area contributed by atoms with Crippen molar-refractivity contribution in [3.05, 3.63) is 12.1 Å². The summed E-state index contributed by atoms with van der Waals surface area (Å²) in [6.45, 7) is 2.26. The van der Waals surface area contributed by atoms with Gasteiger partial charge in [-0.1, -0.05) is 26.2 Å². The smallest absolute Gasteiger partial charge is 0.215 e. The van der Waals surface area contributed by atoms with Gasteiger partial charge in [-0.15, -0.1) is 0 Å². The number of rotatable bonds is 3. The predicted molar refractivity (Wildman–Crippen MR) is 79.8 cm³/mol. The van der Waals surface area contributed by atoms with Crippen LogP contribution in [0.4, 0.5) is 5.95 Å². The van der Waals surface area contributed by atoms with Gasteiger partial charge in [0, 0.05) is 12.1 Å². The van der Waals surface area contributed by atoms with Gasteiger partial charge in [0.25, 0.3) is 0 Å². The van der Waals surface area contributed by atoms with Gasteiger partial charge in [0.15, 0.2) is 5.65 Å². The Morgan fingerprint density at radius 3 is 2.85 bits per heavy atom. The van der Waals surface area contributed by atoms with Crippen molar-refractivity contribution in [2.45, 2.75) is 45.1 Å². The van der Waals surface area contributed by atoms with Crippen LogP contribution in [-0.4, -0.2) is 21.6 Å². The number of nitrogens with two attached hydrogens (primary N) is 1. The number of hydrogen-bond acceptors (Lipinski definition) is 4. The van der Waals surface area contributed by atoms with Gasteiger partial charge in [0.1, 0.15) is 5.52 Å². The van der Waals surface area contributed by atoms with Gasteiger partial charge in [-0.2, -0.15) is 4.98 Å². The summed E-state index contributed by atoms with van der Waals surface area (Å²) < 4.78 is 7.36. The van der Waals surface area contributed by atoms with Crippen molar-refractivity contribution in [3.63, 3.8) is 0 Å². The van der Waals surface area contributed by atoms with Crippen LogP contribution < -0.4 is 10.5 Å². The second-order valence-electron chi connectivity index (χ2n) is 5.56. The number of nitrogens with zero attached hydrogens (tertiary/aromatic N) is 3. The average Bonchev–Trinajstić information content (AvgIpc) is 2.81. The summed E-state index contributed by atoms with van der Waals surface area (Å²) in [5, 5.41) is 0. The van der Waals surface area contributed by atoms with E-state index in [1.807, 2.05) is 12.1 Å². The molecule has 3 rings (SSSR count). The van der Waals surface area contributed by atoms with Crippen LogP contribution in [0.25, 0.3) is 11.2 Å². The van der Waals surface area contributed by atoms with Crippen molar-refractivity contribution in [2.75, 3.05) is 12.8 Å². The molecule has 2 atom stereocenters.